The summed E-state index contributed by atoms with van der Waals surface area (Å²) in [6, 6.07) is 9.55. The number of ether oxygens (including phenoxy) is 2. The van der Waals surface area contributed by atoms with Crippen molar-refractivity contribution >= 4 is 16.9 Å². The molecule has 0 spiro atoms. The van der Waals surface area contributed by atoms with Gasteiger partial charge in [0.15, 0.2) is 0 Å². The van der Waals surface area contributed by atoms with Crippen molar-refractivity contribution < 1.29 is 18.7 Å². The van der Waals surface area contributed by atoms with Crippen LogP contribution in [0.3, 0.4) is 0 Å². The third-order valence-electron chi connectivity index (χ3n) is 4.51. The summed E-state index contributed by atoms with van der Waals surface area (Å²) in [5.41, 5.74) is 3.36. The van der Waals surface area contributed by atoms with Gasteiger partial charge in [0, 0.05) is 22.8 Å². The molecule has 128 valence electrons. The number of aromatic nitrogens is 1. The Morgan fingerprint density at radius 2 is 2.24 bits per heavy atom. The summed E-state index contributed by atoms with van der Waals surface area (Å²) in [6.45, 7) is 3.88. The Labute approximate surface area is 145 Å². The first kappa shape index (κ1) is 15.7. The second-order valence-electron chi connectivity index (χ2n) is 6.10. The van der Waals surface area contributed by atoms with Crippen LogP contribution in [0.25, 0.3) is 11.0 Å². The number of pyridine rings is 1. The van der Waals surface area contributed by atoms with Crippen LogP contribution < -0.4 is 4.74 Å². The summed E-state index contributed by atoms with van der Waals surface area (Å²) in [7, 11) is 0. The average Bonchev–Trinajstić information content (AvgIpc) is 3.15. The summed E-state index contributed by atoms with van der Waals surface area (Å²) in [5, 5.41) is 0.720. The molecule has 3 aromatic rings. The molecule has 0 aliphatic heterocycles. The maximum Gasteiger partial charge on any atom is 0.342 e. The molecule has 5 heteroatoms. The molecule has 5 nitrogen and oxygen atoms in total. The summed E-state index contributed by atoms with van der Waals surface area (Å²) in [5.74, 6) is 0.896. The lowest BCUT2D eigenvalue weighted by molar-refractivity contribution is 0.0526. The molecule has 1 aliphatic rings. The molecule has 1 aromatic carbocycles. The van der Waals surface area contributed by atoms with Gasteiger partial charge >= 0.3 is 5.97 Å². The molecule has 0 amide bonds. The van der Waals surface area contributed by atoms with Gasteiger partial charge in [0.1, 0.15) is 28.8 Å². The van der Waals surface area contributed by atoms with Crippen LogP contribution in [0, 0.1) is 6.92 Å². The number of hydrogen-bond donors (Lipinski definition) is 0. The lowest BCUT2D eigenvalue weighted by Crippen LogP contribution is -2.06. The average molecular weight is 337 g/mol. The Morgan fingerprint density at radius 1 is 1.36 bits per heavy atom. The van der Waals surface area contributed by atoms with Crippen molar-refractivity contribution in [2.75, 3.05) is 6.61 Å². The normalized spacial score (nSPS) is 16.0. The smallest absolute Gasteiger partial charge is 0.342 e. The second kappa shape index (κ2) is 6.24. The maximum absolute atomic E-state index is 12.2. The number of carbonyl (C=O) groups is 1. The van der Waals surface area contributed by atoms with Crippen LogP contribution in [0.2, 0.25) is 0 Å². The molecule has 0 N–H and O–H groups in total. The van der Waals surface area contributed by atoms with Gasteiger partial charge in [-0.05, 0) is 51.0 Å². The van der Waals surface area contributed by atoms with Crippen molar-refractivity contribution in [3.63, 3.8) is 0 Å². The SMILES string of the molecule is CCOC(=O)c1c(C)oc2ccc(OC3CCc4ncccc43)cc12. The van der Waals surface area contributed by atoms with Gasteiger partial charge in [-0.1, -0.05) is 6.07 Å². The molecule has 4 rings (SSSR count). The van der Waals surface area contributed by atoms with Gasteiger partial charge in [0.25, 0.3) is 0 Å². The molecule has 0 saturated carbocycles. The van der Waals surface area contributed by atoms with Crippen molar-refractivity contribution in [3.8, 4) is 5.75 Å². The van der Waals surface area contributed by atoms with Crippen LogP contribution in [0.4, 0.5) is 0 Å². The van der Waals surface area contributed by atoms with Crippen molar-refractivity contribution in [3.05, 3.63) is 59.1 Å². The Bertz CT molecular complexity index is 944. The zero-order chi connectivity index (χ0) is 17.4. The Hall–Kier alpha value is -2.82. The van der Waals surface area contributed by atoms with E-state index in [1.54, 1.807) is 13.8 Å². The number of carbonyl (C=O) groups excluding carboxylic acids is 1. The van der Waals surface area contributed by atoms with Gasteiger partial charge in [-0.15, -0.1) is 0 Å². The van der Waals surface area contributed by atoms with Crippen LogP contribution >= 0.6 is 0 Å². The fraction of sp³-hybridized carbons (Fsp3) is 0.300. The topological polar surface area (TPSA) is 61.6 Å². The molecule has 0 radical (unpaired) electrons. The minimum Gasteiger partial charge on any atom is -0.486 e. The van der Waals surface area contributed by atoms with E-state index >= 15 is 0 Å². The van der Waals surface area contributed by atoms with E-state index in [4.69, 9.17) is 13.9 Å². The Morgan fingerprint density at radius 3 is 3.08 bits per heavy atom. The number of hydrogen-bond acceptors (Lipinski definition) is 5. The van der Waals surface area contributed by atoms with E-state index in [0.29, 0.717) is 29.3 Å². The summed E-state index contributed by atoms with van der Waals surface area (Å²) >= 11 is 0. The van der Waals surface area contributed by atoms with Crippen molar-refractivity contribution in [1.29, 1.82) is 0 Å². The molecule has 1 unspecified atom stereocenters. The largest absolute Gasteiger partial charge is 0.486 e. The van der Waals surface area contributed by atoms with Crippen LogP contribution in [0.1, 0.15) is 46.8 Å². The third kappa shape index (κ3) is 2.76. The summed E-state index contributed by atoms with van der Waals surface area (Å²) < 4.78 is 17.0. The molecule has 1 aliphatic carbocycles. The van der Waals surface area contributed by atoms with Crippen LogP contribution in [0.15, 0.2) is 40.9 Å². The number of esters is 1. The van der Waals surface area contributed by atoms with Gasteiger partial charge < -0.3 is 13.9 Å². The zero-order valence-corrected chi connectivity index (χ0v) is 14.2. The van der Waals surface area contributed by atoms with E-state index in [9.17, 15) is 4.79 Å². The lowest BCUT2D eigenvalue weighted by Gasteiger charge is -2.14. The summed E-state index contributed by atoms with van der Waals surface area (Å²) in [4.78, 5) is 16.6. The van der Waals surface area contributed by atoms with Crippen LogP contribution in [-0.4, -0.2) is 17.6 Å². The number of aryl methyl sites for hydroxylation is 2. The minimum atomic E-state index is -0.369. The highest BCUT2D eigenvalue weighted by Gasteiger charge is 2.25. The lowest BCUT2D eigenvalue weighted by atomic mass is 10.1. The second-order valence-corrected chi connectivity index (χ2v) is 6.10. The van der Waals surface area contributed by atoms with Gasteiger partial charge in [-0.3, -0.25) is 4.98 Å². The van der Waals surface area contributed by atoms with E-state index in [2.05, 4.69) is 11.1 Å². The van der Waals surface area contributed by atoms with E-state index in [1.165, 1.54) is 0 Å². The standard InChI is InChI=1S/C20H19NO4/c1-3-23-20(22)19-12(2)24-18-8-6-13(11-15(18)19)25-17-9-7-16-14(17)5-4-10-21-16/h4-6,8,10-11,17H,3,7,9H2,1-2H3. The molecule has 0 bridgehead atoms. The number of furan rings is 1. The van der Waals surface area contributed by atoms with Gasteiger partial charge in [-0.2, -0.15) is 0 Å². The Kier molecular flexibility index (Phi) is 3.92. The highest BCUT2D eigenvalue weighted by Crippen LogP contribution is 2.36. The zero-order valence-electron chi connectivity index (χ0n) is 14.2. The highest BCUT2D eigenvalue weighted by atomic mass is 16.5. The van der Waals surface area contributed by atoms with Crippen LogP contribution in [-0.2, 0) is 11.2 Å². The van der Waals surface area contributed by atoms with Gasteiger partial charge in [0.2, 0.25) is 0 Å². The van der Waals surface area contributed by atoms with E-state index in [-0.39, 0.29) is 12.1 Å². The molecular formula is C20H19NO4. The molecule has 1 atom stereocenters. The molecule has 2 heterocycles. The fourth-order valence-corrected chi connectivity index (χ4v) is 3.39. The highest BCUT2D eigenvalue weighted by molar-refractivity contribution is 6.04. The van der Waals surface area contributed by atoms with E-state index in [0.717, 1.165) is 29.5 Å². The first-order chi connectivity index (χ1) is 12.2. The van der Waals surface area contributed by atoms with Crippen molar-refractivity contribution in [1.82, 2.24) is 4.98 Å². The number of rotatable bonds is 4. The molecule has 0 fully saturated rings. The van der Waals surface area contributed by atoms with Gasteiger partial charge in [0.05, 0.1) is 6.61 Å². The van der Waals surface area contributed by atoms with Crippen molar-refractivity contribution in [2.24, 2.45) is 0 Å². The maximum atomic E-state index is 12.2. The minimum absolute atomic E-state index is 0.0137. The molecule has 25 heavy (non-hydrogen) atoms. The third-order valence-corrected chi connectivity index (χ3v) is 4.51. The van der Waals surface area contributed by atoms with Crippen LogP contribution in [0.5, 0.6) is 5.75 Å². The first-order valence-corrected chi connectivity index (χ1v) is 8.48. The van der Waals surface area contributed by atoms with E-state index in [1.807, 2.05) is 30.5 Å². The monoisotopic (exact) mass is 337 g/mol. The predicted octanol–water partition coefficient (Wildman–Crippen LogP) is 4.38. The molecule has 2 aromatic heterocycles. The Balaban J connectivity index is 1.68. The quantitative estimate of drug-likeness (QED) is 0.661. The predicted molar refractivity (Wildman–Crippen MR) is 92.8 cm³/mol. The van der Waals surface area contributed by atoms with Crippen molar-refractivity contribution in [2.45, 2.75) is 32.8 Å². The number of benzene rings is 1. The fourth-order valence-electron chi connectivity index (χ4n) is 3.39. The first-order valence-electron chi connectivity index (χ1n) is 8.48. The van der Waals surface area contributed by atoms with Gasteiger partial charge in [-0.25, -0.2) is 4.79 Å². The molecule has 0 saturated heterocycles. The number of fused-ring (bicyclic) bond motifs is 2. The van der Waals surface area contributed by atoms with E-state index < -0.39 is 0 Å². The summed E-state index contributed by atoms with van der Waals surface area (Å²) in [6.07, 6.45) is 3.62. The molecular weight excluding hydrogens is 318 g/mol. The number of nitrogens with zero attached hydrogens (tertiary/aromatic N) is 1.